The molecule has 10 amide bonds. The number of nitrogens with zero attached hydrogens (tertiary/aromatic N) is 1. The number of guanidine groups is 1. The quantitative estimate of drug-likeness (QED) is 0.0183. The van der Waals surface area contributed by atoms with Crippen LogP contribution < -0.4 is 70.8 Å². The van der Waals surface area contributed by atoms with Crippen LogP contribution in [0.3, 0.4) is 0 Å². The van der Waals surface area contributed by atoms with E-state index in [-0.39, 0.29) is 68.6 Å². The van der Waals surface area contributed by atoms with Crippen LogP contribution in [-0.4, -0.2) is 150 Å². The highest BCUT2D eigenvalue weighted by Crippen LogP contribution is 2.14. The summed E-state index contributed by atoms with van der Waals surface area (Å²) in [6.45, 7) is 6.66. The molecule has 0 aromatic heterocycles. The molecule has 0 heterocycles. The zero-order valence-corrected chi connectivity index (χ0v) is 43.3. The van der Waals surface area contributed by atoms with Crippen LogP contribution >= 0.6 is 0 Å². The first kappa shape index (κ1) is 63.8. The second-order valence-corrected chi connectivity index (χ2v) is 18.7. The van der Waals surface area contributed by atoms with E-state index in [4.69, 9.17) is 22.9 Å². The molecule has 0 fully saturated rings. The number of benzene rings is 2. The average Bonchev–Trinajstić information content (AvgIpc) is 3.34. The number of nitrogens with two attached hydrogens (primary N) is 4. The predicted octanol–water partition coefficient (Wildman–Crippen LogP) is -4.11. The topological polar surface area (TPSA) is 453 Å². The number of hydrogen-bond donors (Lipinski definition) is 15. The van der Waals surface area contributed by atoms with Crippen molar-refractivity contribution in [1.82, 2.24) is 47.9 Å². The first-order chi connectivity index (χ1) is 35.8. The van der Waals surface area contributed by atoms with Gasteiger partial charge >= 0.3 is 5.97 Å². The van der Waals surface area contributed by atoms with Gasteiger partial charge in [0.1, 0.15) is 48.0 Å². The van der Waals surface area contributed by atoms with Gasteiger partial charge < -0.3 is 81.0 Å². The summed E-state index contributed by atoms with van der Waals surface area (Å²) in [4.78, 5) is 147. The van der Waals surface area contributed by atoms with Gasteiger partial charge in [-0.05, 0) is 67.7 Å². The molecule has 418 valence electrons. The van der Waals surface area contributed by atoms with Crippen molar-refractivity contribution in [2.45, 2.75) is 122 Å². The molecular weight excluding hydrogens is 993 g/mol. The van der Waals surface area contributed by atoms with E-state index in [9.17, 15) is 63.0 Å². The summed E-state index contributed by atoms with van der Waals surface area (Å²) >= 11 is 0. The number of rotatable bonds is 33. The first-order valence-electron chi connectivity index (χ1n) is 24.5. The Balaban J connectivity index is 2.36. The lowest BCUT2D eigenvalue weighted by molar-refractivity contribution is -0.140. The van der Waals surface area contributed by atoms with E-state index in [2.05, 4.69) is 52.8 Å². The van der Waals surface area contributed by atoms with Gasteiger partial charge in [-0.3, -0.25) is 57.7 Å². The number of primary amides is 1. The minimum atomic E-state index is -1.58. The van der Waals surface area contributed by atoms with Gasteiger partial charge in [-0.25, -0.2) is 0 Å². The molecule has 0 unspecified atom stereocenters. The number of hydrogen-bond acceptors (Lipinski definition) is 14. The average molecular weight is 1070 g/mol. The normalized spacial score (nSPS) is 13.6. The zero-order chi connectivity index (χ0) is 57.1. The Labute approximate surface area is 440 Å². The fraction of sp³-hybridized carbons (Fsp3) is 0.510. The molecule has 27 nitrogen and oxygen atoms in total. The Bertz CT molecular complexity index is 2350. The molecule has 7 atom stereocenters. The van der Waals surface area contributed by atoms with Crippen molar-refractivity contribution in [3.63, 3.8) is 0 Å². The summed E-state index contributed by atoms with van der Waals surface area (Å²) in [5, 5.41) is 41.4. The van der Waals surface area contributed by atoms with Crippen LogP contribution in [-0.2, 0) is 65.6 Å². The molecule has 76 heavy (non-hydrogen) atoms. The predicted molar refractivity (Wildman–Crippen MR) is 276 cm³/mol. The van der Waals surface area contributed by atoms with Gasteiger partial charge in [-0.2, -0.15) is 0 Å². The Morgan fingerprint density at radius 3 is 1.51 bits per heavy atom. The lowest BCUT2D eigenvalue weighted by Gasteiger charge is -2.27. The zero-order valence-electron chi connectivity index (χ0n) is 43.3. The largest absolute Gasteiger partial charge is 0.508 e. The van der Waals surface area contributed by atoms with Gasteiger partial charge in [-0.15, -0.1) is 0 Å². The molecule has 0 spiro atoms. The molecule has 27 heteroatoms. The van der Waals surface area contributed by atoms with Crippen LogP contribution in [0.2, 0.25) is 0 Å². The van der Waals surface area contributed by atoms with Crippen molar-refractivity contribution in [2.24, 2.45) is 39.8 Å². The van der Waals surface area contributed by atoms with Crippen molar-refractivity contribution in [3.8, 4) is 5.75 Å². The molecule has 0 saturated carbocycles. The van der Waals surface area contributed by atoms with Gasteiger partial charge in [0, 0.05) is 19.4 Å². The summed E-state index contributed by atoms with van der Waals surface area (Å²) in [6, 6.07) is 4.98. The molecule has 0 bridgehead atoms. The second kappa shape index (κ2) is 32.7. The van der Waals surface area contributed by atoms with Gasteiger partial charge in [0.2, 0.25) is 59.1 Å². The number of phenolic OH excluding ortho intramolecular Hbond substituents is 1. The molecule has 0 aliphatic heterocycles. The van der Waals surface area contributed by atoms with Gasteiger partial charge in [0.15, 0.2) is 5.96 Å². The summed E-state index contributed by atoms with van der Waals surface area (Å²) in [7, 11) is 0. The van der Waals surface area contributed by atoms with Gasteiger partial charge in [0.05, 0.1) is 26.1 Å². The van der Waals surface area contributed by atoms with Crippen LogP contribution in [0.25, 0.3) is 0 Å². The fourth-order valence-electron chi connectivity index (χ4n) is 7.26. The number of aliphatic carboxylic acids is 1. The number of aromatic hydroxyl groups is 1. The number of nitrogens with one attached hydrogen (secondary N) is 9. The number of carbonyl (C=O) groups excluding carboxylic acids is 10. The third-order valence-corrected chi connectivity index (χ3v) is 11.1. The van der Waals surface area contributed by atoms with E-state index in [0.29, 0.717) is 11.1 Å². The minimum Gasteiger partial charge on any atom is -0.508 e. The highest BCUT2D eigenvalue weighted by Gasteiger charge is 2.33. The maximum atomic E-state index is 14.3. The first-order valence-corrected chi connectivity index (χ1v) is 24.5. The molecule has 2 rings (SSSR count). The smallest absolute Gasteiger partial charge is 0.305 e. The second-order valence-electron chi connectivity index (χ2n) is 18.7. The number of phenols is 1. The van der Waals surface area contributed by atoms with E-state index in [0.717, 1.165) is 0 Å². The molecular formula is C49H74N14O13. The highest BCUT2D eigenvalue weighted by molar-refractivity contribution is 5.98. The Morgan fingerprint density at radius 1 is 0.526 bits per heavy atom. The SMILES string of the molecule is CC(C)C[C@H](NC(=O)CNC(=O)[C@H](Cc1ccccc1)NC(=O)[C@H](C)NC(=O)[C@H](Cc1ccc(O)cc1)NC(=O)[C@H](CC(C)C)NC(=O)[C@H](CCCN=C(N)N)NC(=O)CNC(=O)[C@H](CC(=O)O)NC(=O)CN)C(N)=O. The number of amides is 10. The Hall–Kier alpha value is -8.36. The third kappa shape index (κ3) is 25.0. The van der Waals surface area contributed by atoms with Crippen molar-refractivity contribution in [3.05, 3.63) is 65.7 Å². The van der Waals surface area contributed by atoms with Gasteiger partial charge in [0.25, 0.3) is 0 Å². The van der Waals surface area contributed by atoms with Crippen molar-refractivity contribution in [2.75, 3.05) is 26.2 Å². The Kier molecular flexibility index (Phi) is 27.5. The number of carboxylic acid groups (broad SMARTS) is 1. The van der Waals surface area contributed by atoms with Crippen molar-refractivity contribution < 1.29 is 63.0 Å². The van der Waals surface area contributed by atoms with E-state index in [1.165, 1.54) is 31.2 Å². The van der Waals surface area contributed by atoms with E-state index >= 15 is 0 Å². The van der Waals surface area contributed by atoms with Crippen LogP contribution in [0, 0.1) is 11.8 Å². The summed E-state index contributed by atoms with van der Waals surface area (Å²) < 4.78 is 0. The van der Waals surface area contributed by atoms with E-state index in [1.54, 1.807) is 44.2 Å². The highest BCUT2D eigenvalue weighted by atomic mass is 16.4. The van der Waals surface area contributed by atoms with E-state index < -0.39 is 133 Å². The lowest BCUT2D eigenvalue weighted by Crippen LogP contribution is -2.59. The number of carboxylic acids is 1. The van der Waals surface area contributed by atoms with Crippen LogP contribution in [0.1, 0.15) is 77.8 Å². The van der Waals surface area contributed by atoms with E-state index in [1.807, 2.05) is 13.8 Å². The standard InChI is InChI=1S/C49H74N14O13/c1-26(2)18-33(42(51)70)59-40(67)25-55-44(72)35(20-29-10-7-6-8-11-29)61-43(71)28(5)57-47(75)36(21-30-13-15-31(64)16-14-30)63-48(76)34(19-27(3)4)62-46(74)32(12-9-17-54-49(52)53)58-39(66)24-56-45(73)37(22-41(68)69)60-38(65)23-50/h6-8,10-11,13-16,26-28,32-37,64H,9,12,17-25,50H2,1-5H3,(H2,51,70)(H,55,72)(H,56,73)(H,57,75)(H,58,66)(H,59,67)(H,60,65)(H,61,71)(H,62,74)(H,63,76)(H,68,69)(H4,52,53,54)/t28-,32-,33-,34-,35-,36-,37-/m0/s1. The van der Waals surface area contributed by atoms with Crippen LogP contribution in [0.4, 0.5) is 0 Å². The van der Waals surface area contributed by atoms with Crippen LogP contribution in [0.5, 0.6) is 5.75 Å². The summed E-state index contributed by atoms with van der Waals surface area (Å²) in [5.41, 5.74) is 22.7. The number of aliphatic imine (C=N–C) groups is 1. The monoisotopic (exact) mass is 1070 g/mol. The fourth-order valence-corrected chi connectivity index (χ4v) is 7.26. The van der Waals surface area contributed by atoms with Gasteiger partial charge in [-0.1, -0.05) is 70.2 Å². The molecule has 0 aliphatic carbocycles. The molecule has 2 aromatic rings. The molecule has 0 radical (unpaired) electrons. The summed E-state index contributed by atoms with van der Waals surface area (Å²) in [6.07, 6.45) is -0.767. The maximum Gasteiger partial charge on any atom is 0.305 e. The lowest BCUT2D eigenvalue weighted by atomic mass is 10.00. The summed E-state index contributed by atoms with van der Waals surface area (Å²) in [5.74, 6) is -10.4. The van der Waals surface area contributed by atoms with Crippen molar-refractivity contribution in [1.29, 1.82) is 0 Å². The third-order valence-electron chi connectivity index (χ3n) is 11.1. The molecule has 19 N–H and O–H groups in total. The maximum absolute atomic E-state index is 14.3. The minimum absolute atomic E-state index is 0.00430. The Morgan fingerprint density at radius 2 is 0.987 bits per heavy atom. The molecule has 0 aliphatic rings. The van der Waals surface area contributed by atoms with Crippen molar-refractivity contribution >= 4 is 71.0 Å². The molecule has 2 aromatic carbocycles. The number of carbonyl (C=O) groups is 11. The molecule has 0 saturated heterocycles. The van der Waals surface area contributed by atoms with Crippen LogP contribution in [0.15, 0.2) is 59.6 Å².